The molecule has 13 rings (SSSR count). The van der Waals surface area contributed by atoms with Gasteiger partial charge in [-0.25, -0.2) is 15.0 Å². The standard InChI is InChI=1S/C57H36IN5/c1-5-17-37(18-6-1)54-59-55(38-19-7-2-8-20-38)61-56(60-54)39-29-32-51-47(33-39)57(40-21-9-3-10-22-40,41-23-11-4-12-24-41)48-36-58-35-46-45-31-30-42(34-52(45)63(51)53(46)48)62-49-27-15-13-25-43(49)44-26-14-16-28-50(44)62/h1-36H. The van der Waals surface area contributed by atoms with E-state index in [4.69, 9.17) is 15.0 Å². The van der Waals surface area contributed by atoms with E-state index in [1.165, 1.54) is 65.5 Å². The van der Waals surface area contributed by atoms with Gasteiger partial charge in [0.15, 0.2) is 17.5 Å². The molecule has 11 aromatic rings. The normalized spacial score (nSPS) is 13.7. The second kappa shape index (κ2) is 14.3. The first-order valence-electron chi connectivity index (χ1n) is 21.2. The van der Waals surface area contributed by atoms with Crippen LogP contribution in [0.4, 0.5) is 0 Å². The molecule has 0 atom stereocenters. The first kappa shape index (κ1) is 36.1. The van der Waals surface area contributed by atoms with E-state index in [1.807, 2.05) is 36.4 Å². The summed E-state index contributed by atoms with van der Waals surface area (Å²) < 4.78 is 10.1. The highest BCUT2D eigenvalue weighted by Crippen LogP contribution is 2.51. The Hall–Kier alpha value is -7.55. The van der Waals surface area contributed by atoms with Crippen LogP contribution >= 0.6 is 20.7 Å². The molecule has 6 heteroatoms. The van der Waals surface area contributed by atoms with Gasteiger partial charge < -0.3 is 9.13 Å². The van der Waals surface area contributed by atoms with Crippen molar-refractivity contribution in [1.82, 2.24) is 24.1 Å². The van der Waals surface area contributed by atoms with E-state index in [-0.39, 0.29) is 0 Å². The number of fused-ring (bicyclic) bond motifs is 8. The minimum atomic E-state index is -0.631. The molecule has 0 bridgehead atoms. The van der Waals surface area contributed by atoms with Crippen LogP contribution in [-0.2, 0) is 5.41 Å². The molecule has 2 aliphatic rings. The Balaban J connectivity index is 1.14. The van der Waals surface area contributed by atoms with Crippen molar-refractivity contribution in [1.29, 1.82) is 0 Å². The van der Waals surface area contributed by atoms with Gasteiger partial charge in [-0.15, -0.1) is 0 Å². The molecule has 5 nitrogen and oxygen atoms in total. The SMILES string of the molecule is C1=IC=c2c3n(c4cc(-n5c6ccccc6c6ccccc65)ccc24)-c2ccc(-c4nc(-c5ccccc5)nc(-c5ccccc5)n4)cc2C(c2ccccc2)(c2ccccc2)C=31. The van der Waals surface area contributed by atoms with Crippen molar-refractivity contribution in [2.24, 2.45) is 0 Å². The Morgan fingerprint density at radius 2 is 0.937 bits per heavy atom. The third-order valence-electron chi connectivity index (χ3n) is 12.8. The van der Waals surface area contributed by atoms with E-state index in [2.05, 4.69) is 187 Å². The van der Waals surface area contributed by atoms with E-state index in [0.29, 0.717) is 17.5 Å². The van der Waals surface area contributed by atoms with Gasteiger partial charge in [-0.3, -0.25) is 0 Å². The second-order valence-electron chi connectivity index (χ2n) is 16.2. The third-order valence-corrected chi connectivity index (χ3v) is 14.8. The fourth-order valence-electron chi connectivity index (χ4n) is 10.2. The lowest BCUT2D eigenvalue weighted by Gasteiger charge is -2.42. The van der Waals surface area contributed by atoms with Crippen LogP contribution in [0.2, 0.25) is 0 Å². The number of benzene rings is 8. The first-order chi connectivity index (χ1) is 31.3. The van der Waals surface area contributed by atoms with Crippen LogP contribution in [0, 0.1) is 0 Å². The highest BCUT2D eigenvalue weighted by molar-refractivity contribution is 14.2. The summed E-state index contributed by atoms with van der Waals surface area (Å²) >= 11 is -0.427. The van der Waals surface area contributed by atoms with Gasteiger partial charge in [0.25, 0.3) is 0 Å². The molecule has 3 aromatic heterocycles. The Labute approximate surface area is 373 Å². The number of hydrogen-bond acceptors (Lipinski definition) is 3. The van der Waals surface area contributed by atoms with Gasteiger partial charge in [0.05, 0.1) is 33.0 Å². The van der Waals surface area contributed by atoms with Crippen molar-refractivity contribution >= 4 is 67.1 Å². The minimum Gasteiger partial charge on any atom is -0.309 e. The maximum absolute atomic E-state index is 5.23. The summed E-state index contributed by atoms with van der Waals surface area (Å²) in [4.78, 5) is 15.5. The molecule has 0 amide bonds. The average molecular weight is 918 g/mol. The predicted octanol–water partition coefficient (Wildman–Crippen LogP) is 11.9. The molecule has 296 valence electrons. The molecule has 0 unspecified atom stereocenters. The highest BCUT2D eigenvalue weighted by Gasteiger charge is 2.45. The summed E-state index contributed by atoms with van der Waals surface area (Å²) in [6, 6.07) is 74.2. The number of para-hydroxylation sites is 2. The van der Waals surface area contributed by atoms with Crippen molar-refractivity contribution in [3.05, 3.63) is 234 Å². The summed E-state index contributed by atoms with van der Waals surface area (Å²) in [6.45, 7) is 0. The lowest BCUT2D eigenvalue weighted by atomic mass is 9.63. The predicted molar refractivity (Wildman–Crippen MR) is 267 cm³/mol. The zero-order chi connectivity index (χ0) is 41.5. The Kier molecular flexibility index (Phi) is 8.18. The molecule has 5 heterocycles. The van der Waals surface area contributed by atoms with Crippen LogP contribution in [0.1, 0.15) is 16.7 Å². The molecule has 0 N–H and O–H groups in total. The maximum atomic E-state index is 5.23. The smallest absolute Gasteiger partial charge is 0.164 e. The van der Waals surface area contributed by atoms with Crippen LogP contribution in [0.15, 0.2) is 206 Å². The molecule has 0 spiro atoms. The van der Waals surface area contributed by atoms with E-state index < -0.39 is 26.1 Å². The Bertz CT molecular complexity index is 3630. The number of rotatable bonds is 6. The van der Waals surface area contributed by atoms with Crippen molar-refractivity contribution in [2.45, 2.75) is 5.41 Å². The van der Waals surface area contributed by atoms with E-state index in [9.17, 15) is 0 Å². The van der Waals surface area contributed by atoms with Gasteiger partial charge in [-0.05, 0) is 67.2 Å². The first-order valence-corrected chi connectivity index (χ1v) is 23.7. The highest BCUT2D eigenvalue weighted by atomic mass is 127. The largest absolute Gasteiger partial charge is 0.309 e. The molecule has 0 aliphatic carbocycles. The zero-order valence-corrected chi connectivity index (χ0v) is 36.1. The summed E-state index contributed by atoms with van der Waals surface area (Å²) in [5, 5.41) is 6.37. The summed E-state index contributed by atoms with van der Waals surface area (Å²) in [5.74, 6) is 1.92. The molecular formula is C57H36IN5. The van der Waals surface area contributed by atoms with Crippen LogP contribution in [0.3, 0.4) is 0 Å². The van der Waals surface area contributed by atoms with Crippen LogP contribution in [0.25, 0.3) is 87.9 Å². The number of aromatic nitrogens is 5. The lowest BCUT2D eigenvalue weighted by molar-refractivity contribution is 0.768. The lowest BCUT2D eigenvalue weighted by Crippen LogP contribution is -2.46. The fourth-order valence-corrected chi connectivity index (χ4v) is 12.4. The van der Waals surface area contributed by atoms with Crippen molar-refractivity contribution in [3.8, 4) is 45.5 Å². The fraction of sp³-hybridized carbons (Fsp3) is 0.0175. The quantitative estimate of drug-likeness (QED) is 0.156. The molecule has 2 aliphatic heterocycles. The molecule has 0 saturated carbocycles. The molecule has 0 saturated heterocycles. The van der Waals surface area contributed by atoms with Gasteiger partial charge >= 0.3 is 0 Å². The number of nitrogens with zero attached hydrogens (tertiary/aromatic N) is 5. The third kappa shape index (κ3) is 5.41. The van der Waals surface area contributed by atoms with Gasteiger partial charge in [0.1, 0.15) is 0 Å². The average Bonchev–Trinajstić information content (AvgIpc) is 3.88. The number of hydrogen-bond donors (Lipinski definition) is 0. The van der Waals surface area contributed by atoms with Gasteiger partial charge in [-0.1, -0.05) is 185 Å². The maximum Gasteiger partial charge on any atom is 0.164 e. The van der Waals surface area contributed by atoms with Gasteiger partial charge in [0.2, 0.25) is 0 Å². The van der Waals surface area contributed by atoms with Crippen LogP contribution < -0.4 is 10.6 Å². The van der Waals surface area contributed by atoms with Crippen molar-refractivity contribution < 1.29 is 0 Å². The summed E-state index contributed by atoms with van der Waals surface area (Å²) in [7, 11) is 0. The Morgan fingerprint density at radius 3 is 1.52 bits per heavy atom. The monoisotopic (exact) mass is 917 g/mol. The zero-order valence-electron chi connectivity index (χ0n) is 33.9. The molecule has 8 aromatic carbocycles. The van der Waals surface area contributed by atoms with Gasteiger partial charge in [-0.2, -0.15) is 0 Å². The molecule has 0 fully saturated rings. The summed E-state index contributed by atoms with van der Waals surface area (Å²) in [6.07, 6.45) is 0. The van der Waals surface area contributed by atoms with E-state index in [1.54, 1.807) is 0 Å². The minimum absolute atomic E-state index is 0.427. The molecular weight excluding hydrogens is 882 g/mol. The van der Waals surface area contributed by atoms with Crippen molar-refractivity contribution in [2.75, 3.05) is 0 Å². The van der Waals surface area contributed by atoms with E-state index >= 15 is 0 Å². The second-order valence-corrected chi connectivity index (χ2v) is 18.1. The van der Waals surface area contributed by atoms with Crippen LogP contribution in [0.5, 0.6) is 0 Å². The van der Waals surface area contributed by atoms with Crippen molar-refractivity contribution in [3.63, 3.8) is 0 Å². The number of halogens is 1. The van der Waals surface area contributed by atoms with Gasteiger partial charge in [0, 0.05) is 49.3 Å². The van der Waals surface area contributed by atoms with E-state index in [0.717, 1.165) is 28.1 Å². The van der Waals surface area contributed by atoms with Crippen LogP contribution in [-0.4, -0.2) is 28.1 Å². The molecule has 63 heavy (non-hydrogen) atoms. The Morgan fingerprint density at radius 1 is 0.413 bits per heavy atom. The summed E-state index contributed by atoms with van der Waals surface area (Å²) in [5.41, 5.74) is 13.0. The molecule has 0 radical (unpaired) electrons. The topological polar surface area (TPSA) is 48.5 Å².